The molecule has 0 unspecified atom stereocenters. The minimum Gasteiger partial charge on any atom is -0.506 e. The van der Waals surface area contributed by atoms with E-state index in [0.717, 1.165) is 60.1 Å². The summed E-state index contributed by atoms with van der Waals surface area (Å²) in [6.07, 6.45) is 6.73. The van der Waals surface area contributed by atoms with Crippen molar-refractivity contribution >= 4 is 51.3 Å². The lowest BCUT2D eigenvalue weighted by Crippen LogP contribution is -2.30. The highest BCUT2D eigenvalue weighted by molar-refractivity contribution is 8.18. The highest BCUT2D eigenvalue weighted by Gasteiger charge is 2.33. The van der Waals surface area contributed by atoms with Gasteiger partial charge in [0.05, 0.1) is 29.3 Å². The van der Waals surface area contributed by atoms with Crippen LogP contribution in [0, 0.1) is 0 Å². The molecule has 1 N–H and O–H groups in total. The molecular weight excluding hydrogens is 538 g/mol. The monoisotopic (exact) mass is 573 g/mol. The van der Waals surface area contributed by atoms with E-state index in [-0.39, 0.29) is 30.4 Å². The highest BCUT2D eigenvalue weighted by atomic mass is 32.2. The van der Waals surface area contributed by atoms with Crippen LogP contribution < -0.4 is 4.74 Å². The number of thioether (sulfide) groups is 1. The summed E-state index contributed by atoms with van der Waals surface area (Å²) in [7, 11) is 0. The van der Waals surface area contributed by atoms with Gasteiger partial charge in [0.1, 0.15) is 28.7 Å². The molecule has 1 amide bonds. The summed E-state index contributed by atoms with van der Waals surface area (Å²) < 4.78 is 12.8. The van der Waals surface area contributed by atoms with Gasteiger partial charge in [-0.1, -0.05) is 36.9 Å². The number of benzene rings is 2. The van der Waals surface area contributed by atoms with Crippen LogP contribution in [-0.2, 0) is 27.3 Å². The van der Waals surface area contributed by atoms with Gasteiger partial charge in [0.2, 0.25) is 5.91 Å². The van der Waals surface area contributed by atoms with Crippen LogP contribution in [0.5, 0.6) is 5.75 Å². The number of hydrogen-bond acceptors (Lipinski definition) is 7. The second-order valence-corrected chi connectivity index (χ2v) is 10.9. The van der Waals surface area contributed by atoms with E-state index in [4.69, 9.17) is 9.47 Å². The quantitative estimate of drug-likeness (QED) is 0.297. The van der Waals surface area contributed by atoms with Crippen molar-refractivity contribution in [1.29, 1.82) is 0 Å². The average Bonchev–Trinajstić information content (AvgIpc) is 3.69. The second-order valence-electron chi connectivity index (χ2n) is 9.87. The standard InChI is InChI=1S/C32H35N3O5S/c1-4-21-10-9-11-25-22(19-35(29(21)25)20-27(36)34-16-7-8-17-34)18-26-30(37)28(32(38)40-6-3)31(41-26)33-23-12-14-24(15-13-23)39-5-2/h9-15,18-19,37H,4-8,16-17,20H2,1-3H3/b26-18-,33-31?. The normalized spacial score (nSPS) is 17.3. The van der Waals surface area contributed by atoms with Crippen LogP contribution in [-0.4, -0.2) is 57.8 Å². The molecule has 3 aromatic rings. The van der Waals surface area contributed by atoms with Gasteiger partial charge < -0.3 is 24.0 Å². The Hall–Kier alpha value is -3.98. The molecule has 0 spiro atoms. The molecule has 2 aliphatic heterocycles. The van der Waals surface area contributed by atoms with Crippen LogP contribution >= 0.6 is 11.8 Å². The summed E-state index contributed by atoms with van der Waals surface area (Å²) in [5, 5.41) is 12.6. The van der Waals surface area contributed by atoms with Crippen LogP contribution in [0.2, 0.25) is 0 Å². The summed E-state index contributed by atoms with van der Waals surface area (Å²) in [5.74, 6) is 0.0411. The highest BCUT2D eigenvalue weighted by Crippen LogP contribution is 2.41. The van der Waals surface area contributed by atoms with Gasteiger partial charge in [-0.3, -0.25) is 4.79 Å². The molecule has 214 valence electrons. The van der Waals surface area contributed by atoms with Crippen molar-refractivity contribution in [3.63, 3.8) is 0 Å². The number of ether oxygens (including phenoxy) is 2. The van der Waals surface area contributed by atoms with Gasteiger partial charge in [-0.2, -0.15) is 0 Å². The molecule has 1 fully saturated rings. The fourth-order valence-corrected chi connectivity index (χ4v) is 6.26. The SMILES string of the molecule is CCOC(=O)C1=C(O)/C(=C/c2cn(CC(=O)N3CCCC3)c3c(CC)cccc23)SC1=Nc1ccc(OCC)cc1. The first-order chi connectivity index (χ1) is 19.9. The largest absolute Gasteiger partial charge is 0.506 e. The molecule has 0 radical (unpaired) electrons. The Labute approximate surface area is 244 Å². The van der Waals surface area contributed by atoms with Crippen molar-refractivity contribution in [1.82, 2.24) is 9.47 Å². The minimum atomic E-state index is -0.627. The van der Waals surface area contributed by atoms with Crippen LogP contribution in [0.1, 0.15) is 44.7 Å². The van der Waals surface area contributed by atoms with Crippen molar-refractivity contribution in [2.24, 2.45) is 4.99 Å². The summed E-state index contributed by atoms with van der Waals surface area (Å²) in [4.78, 5) is 33.1. The fraction of sp³-hybridized carbons (Fsp3) is 0.344. The molecule has 1 aromatic heterocycles. The first-order valence-electron chi connectivity index (χ1n) is 14.1. The summed E-state index contributed by atoms with van der Waals surface area (Å²) in [5.41, 5.74) is 3.67. The van der Waals surface area contributed by atoms with E-state index in [1.807, 2.05) is 52.9 Å². The van der Waals surface area contributed by atoms with Gasteiger partial charge in [0.25, 0.3) is 0 Å². The number of nitrogens with zero attached hydrogens (tertiary/aromatic N) is 3. The Balaban J connectivity index is 1.55. The van der Waals surface area contributed by atoms with Gasteiger partial charge in [-0.05, 0) is 69.0 Å². The number of fused-ring (bicyclic) bond motifs is 1. The maximum Gasteiger partial charge on any atom is 0.344 e. The molecule has 2 aliphatic rings. The van der Waals surface area contributed by atoms with Gasteiger partial charge in [0, 0.05) is 30.2 Å². The third-order valence-corrected chi connectivity index (χ3v) is 8.21. The summed E-state index contributed by atoms with van der Waals surface area (Å²) in [6, 6.07) is 13.4. The number of aryl methyl sites for hydroxylation is 1. The van der Waals surface area contributed by atoms with Crippen molar-refractivity contribution in [3.8, 4) is 5.75 Å². The van der Waals surface area contributed by atoms with Crippen molar-refractivity contribution < 1.29 is 24.2 Å². The molecule has 3 heterocycles. The molecule has 0 saturated carbocycles. The van der Waals surface area contributed by atoms with Crippen LogP contribution in [0.3, 0.4) is 0 Å². The molecular formula is C32H35N3O5S. The number of aliphatic hydroxyl groups excluding tert-OH is 1. The van der Waals surface area contributed by atoms with Gasteiger partial charge >= 0.3 is 5.97 Å². The molecule has 41 heavy (non-hydrogen) atoms. The van der Waals surface area contributed by atoms with E-state index >= 15 is 0 Å². The Morgan fingerprint density at radius 1 is 1.05 bits per heavy atom. The van der Waals surface area contributed by atoms with Gasteiger partial charge in [0.15, 0.2) is 0 Å². The fourth-order valence-electron chi connectivity index (χ4n) is 5.24. The molecule has 0 aliphatic carbocycles. The molecule has 0 atom stereocenters. The average molecular weight is 574 g/mol. The number of carbonyl (C=O) groups is 2. The number of rotatable bonds is 9. The summed E-state index contributed by atoms with van der Waals surface area (Å²) >= 11 is 1.22. The van der Waals surface area contributed by atoms with E-state index in [9.17, 15) is 14.7 Å². The number of para-hydroxylation sites is 1. The zero-order chi connectivity index (χ0) is 28.9. The third kappa shape index (κ3) is 6.05. The number of likely N-dealkylation sites (tertiary alicyclic amines) is 1. The van der Waals surface area contributed by atoms with Crippen LogP contribution in [0.4, 0.5) is 5.69 Å². The summed E-state index contributed by atoms with van der Waals surface area (Å²) in [6.45, 7) is 8.34. The number of amides is 1. The Kier molecular flexibility index (Phi) is 8.83. The number of aliphatic hydroxyl groups is 1. The second kappa shape index (κ2) is 12.7. The van der Waals surface area contributed by atoms with E-state index in [0.29, 0.717) is 22.2 Å². The molecule has 5 rings (SSSR count). The molecule has 9 heteroatoms. The smallest absolute Gasteiger partial charge is 0.344 e. The van der Waals surface area contributed by atoms with E-state index in [2.05, 4.69) is 18.0 Å². The number of aromatic nitrogens is 1. The zero-order valence-electron chi connectivity index (χ0n) is 23.7. The van der Waals surface area contributed by atoms with E-state index < -0.39 is 5.97 Å². The van der Waals surface area contributed by atoms with E-state index in [1.54, 1.807) is 19.1 Å². The third-order valence-electron chi connectivity index (χ3n) is 7.19. The lowest BCUT2D eigenvalue weighted by molar-refractivity contribution is -0.138. The number of hydrogen-bond donors (Lipinski definition) is 1. The first kappa shape index (κ1) is 28.5. The number of esters is 1. The first-order valence-corrected chi connectivity index (χ1v) is 15.0. The Morgan fingerprint density at radius 2 is 1.80 bits per heavy atom. The van der Waals surface area contributed by atoms with Gasteiger partial charge in [-0.15, -0.1) is 0 Å². The van der Waals surface area contributed by atoms with E-state index in [1.165, 1.54) is 11.8 Å². The maximum atomic E-state index is 13.1. The lowest BCUT2D eigenvalue weighted by Gasteiger charge is -2.16. The molecule has 1 saturated heterocycles. The van der Waals surface area contributed by atoms with Crippen molar-refractivity contribution in [2.45, 2.75) is 46.6 Å². The zero-order valence-corrected chi connectivity index (χ0v) is 24.5. The van der Waals surface area contributed by atoms with Gasteiger partial charge in [-0.25, -0.2) is 9.79 Å². The number of carbonyl (C=O) groups excluding carboxylic acids is 2. The predicted octanol–water partition coefficient (Wildman–Crippen LogP) is 6.42. The molecule has 2 aromatic carbocycles. The molecule has 0 bridgehead atoms. The minimum absolute atomic E-state index is 0.0409. The topological polar surface area (TPSA) is 93.4 Å². The maximum absolute atomic E-state index is 13.1. The number of aliphatic imine (C=N–C) groups is 1. The van der Waals surface area contributed by atoms with Crippen molar-refractivity contribution in [3.05, 3.63) is 76.0 Å². The van der Waals surface area contributed by atoms with Crippen molar-refractivity contribution in [2.75, 3.05) is 26.3 Å². The Bertz CT molecular complexity index is 1550. The molecule has 8 nitrogen and oxygen atoms in total. The lowest BCUT2D eigenvalue weighted by atomic mass is 10.1. The predicted molar refractivity (Wildman–Crippen MR) is 164 cm³/mol. The Morgan fingerprint density at radius 3 is 2.49 bits per heavy atom. The van der Waals surface area contributed by atoms with Crippen LogP contribution in [0.25, 0.3) is 17.0 Å². The van der Waals surface area contributed by atoms with Crippen LogP contribution in [0.15, 0.2) is 69.9 Å².